The average Bonchev–Trinajstić information content (AvgIpc) is 3.93. The highest BCUT2D eigenvalue weighted by Gasteiger charge is 2.22. The zero-order chi connectivity index (χ0) is 39.0. The van der Waals surface area contributed by atoms with Gasteiger partial charge in [-0.1, -0.05) is 104 Å². The monoisotopic (exact) mass is 756 g/mol. The van der Waals surface area contributed by atoms with Crippen LogP contribution in [0.15, 0.2) is 200 Å². The Balaban J connectivity index is 0.989. The number of nitrogens with zero attached hydrogens (tertiary/aromatic N) is 4. The fourth-order valence-electron chi connectivity index (χ4n) is 9.74. The fourth-order valence-corrected chi connectivity index (χ4v) is 9.74. The molecule has 0 spiro atoms. The summed E-state index contributed by atoms with van der Waals surface area (Å²) in [5, 5.41) is 6.40. The molecule has 8 aromatic carbocycles. The van der Waals surface area contributed by atoms with Crippen LogP contribution in [0, 0.1) is 5.92 Å². The van der Waals surface area contributed by atoms with Crippen molar-refractivity contribution in [2.75, 3.05) is 4.90 Å². The summed E-state index contributed by atoms with van der Waals surface area (Å²) >= 11 is 0. The van der Waals surface area contributed by atoms with Crippen molar-refractivity contribution in [1.82, 2.24) is 13.7 Å². The number of aromatic nitrogens is 3. The van der Waals surface area contributed by atoms with Gasteiger partial charge < -0.3 is 18.6 Å². The maximum atomic E-state index is 2.43. The van der Waals surface area contributed by atoms with Crippen LogP contribution in [-0.2, 0) is 6.42 Å². The molecular formula is C55H40N4. The smallest absolute Gasteiger partial charge is 0.0541 e. The second-order valence-electron chi connectivity index (χ2n) is 15.9. The SMILES string of the molecule is CC1C=Cc2c(c3ccccc3n2-c2ccc(N(c3ccc(-n4c5ccccc5c5ccccc54)cc3)c3ccc(-n4c5ccccc5c5ccccc54)cc3)cc2)C1. The first-order valence-electron chi connectivity index (χ1n) is 20.6. The Morgan fingerprint density at radius 1 is 0.373 bits per heavy atom. The Kier molecular flexibility index (Phi) is 7.54. The van der Waals surface area contributed by atoms with Crippen molar-refractivity contribution in [2.45, 2.75) is 13.3 Å². The van der Waals surface area contributed by atoms with Crippen LogP contribution < -0.4 is 4.90 Å². The van der Waals surface area contributed by atoms with E-state index < -0.39 is 0 Å². The summed E-state index contributed by atoms with van der Waals surface area (Å²) in [6.07, 6.45) is 5.72. The number of fused-ring (bicyclic) bond motifs is 9. The minimum atomic E-state index is 0.528. The molecule has 3 aromatic heterocycles. The van der Waals surface area contributed by atoms with Crippen molar-refractivity contribution in [3.63, 3.8) is 0 Å². The van der Waals surface area contributed by atoms with Crippen molar-refractivity contribution < 1.29 is 0 Å². The number of hydrogen-bond donors (Lipinski definition) is 0. The number of hydrogen-bond acceptors (Lipinski definition) is 1. The van der Waals surface area contributed by atoms with E-state index in [1.54, 1.807) is 0 Å². The van der Waals surface area contributed by atoms with Crippen LogP contribution in [0.25, 0.3) is 77.7 Å². The number of allylic oxidation sites excluding steroid dienone is 1. The van der Waals surface area contributed by atoms with Gasteiger partial charge in [0.2, 0.25) is 0 Å². The van der Waals surface area contributed by atoms with Gasteiger partial charge in [0.05, 0.1) is 27.6 Å². The van der Waals surface area contributed by atoms with Crippen LogP contribution >= 0.6 is 0 Å². The summed E-state index contributed by atoms with van der Waals surface area (Å²) in [6.45, 7) is 2.31. The number of anilines is 3. The lowest BCUT2D eigenvalue weighted by molar-refractivity contribution is 0.718. The first-order chi connectivity index (χ1) is 29.2. The van der Waals surface area contributed by atoms with E-state index in [1.165, 1.54) is 65.8 Å². The lowest BCUT2D eigenvalue weighted by Gasteiger charge is -2.26. The van der Waals surface area contributed by atoms with Gasteiger partial charge in [-0.3, -0.25) is 0 Å². The summed E-state index contributed by atoms with van der Waals surface area (Å²) in [5.41, 5.74) is 15.5. The normalized spacial score (nSPS) is 13.9. The van der Waals surface area contributed by atoms with Crippen LogP contribution in [0.5, 0.6) is 0 Å². The fraction of sp³-hybridized carbons (Fsp3) is 0.0545. The van der Waals surface area contributed by atoms with Crippen molar-refractivity contribution in [1.29, 1.82) is 0 Å². The Hall–Kier alpha value is -7.56. The molecule has 4 nitrogen and oxygen atoms in total. The third-order valence-electron chi connectivity index (χ3n) is 12.4. The zero-order valence-corrected chi connectivity index (χ0v) is 32.7. The molecule has 12 rings (SSSR count). The minimum absolute atomic E-state index is 0.528. The van der Waals surface area contributed by atoms with Crippen molar-refractivity contribution in [2.24, 2.45) is 5.92 Å². The first-order valence-corrected chi connectivity index (χ1v) is 20.6. The van der Waals surface area contributed by atoms with E-state index in [-0.39, 0.29) is 0 Å². The molecule has 0 amide bonds. The van der Waals surface area contributed by atoms with E-state index in [9.17, 15) is 0 Å². The van der Waals surface area contributed by atoms with E-state index in [4.69, 9.17) is 0 Å². The van der Waals surface area contributed by atoms with Gasteiger partial charge in [-0.25, -0.2) is 0 Å². The molecule has 11 aromatic rings. The van der Waals surface area contributed by atoms with Crippen LogP contribution in [-0.4, -0.2) is 13.7 Å². The van der Waals surface area contributed by atoms with Gasteiger partial charge in [-0.15, -0.1) is 0 Å². The van der Waals surface area contributed by atoms with Crippen molar-refractivity contribution >= 4 is 77.7 Å². The average molecular weight is 757 g/mol. The molecule has 1 unspecified atom stereocenters. The van der Waals surface area contributed by atoms with E-state index >= 15 is 0 Å². The van der Waals surface area contributed by atoms with Crippen LogP contribution in [0.4, 0.5) is 17.1 Å². The van der Waals surface area contributed by atoms with E-state index in [0.29, 0.717) is 5.92 Å². The highest BCUT2D eigenvalue weighted by Crippen LogP contribution is 2.40. The maximum absolute atomic E-state index is 2.43. The molecule has 4 heteroatoms. The Morgan fingerprint density at radius 2 is 0.695 bits per heavy atom. The molecule has 0 aliphatic heterocycles. The molecule has 1 atom stereocenters. The Morgan fingerprint density at radius 3 is 1.08 bits per heavy atom. The van der Waals surface area contributed by atoms with Gasteiger partial charge >= 0.3 is 0 Å². The van der Waals surface area contributed by atoms with Gasteiger partial charge in [0.25, 0.3) is 0 Å². The molecule has 0 fully saturated rings. The van der Waals surface area contributed by atoms with Crippen LogP contribution in [0.1, 0.15) is 18.2 Å². The molecular weight excluding hydrogens is 717 g/mol. The highest BCUT2D eigenvalue weighted by atomic mass is 15.1. The largest absolute Gasteiger partial charge is 0.310 e. The molecule has 0 saturated heterocycles. The van der Waals surface area contributed by atoms with Gasteiger partial charge in [-0.05, 0) is 127 Å². The van der Waals surface area contributed by atoms with Gasteiger partial charge in [0.1, 0.15) is 0 Å². The topological polar surface area (TPSA) is 18.0 Å². The third kappa shape index (κ3) is 5.23. The molecule has 3 heterocycles. The number of rotatable bonds is 6. The molecule has 0 radical (unpaired) electrons. The van der Waals surface area contributed by atoms with Crippen molar-refractivity contribution in [3.05, 3.63) is 211 Å². The Bertz CT molecular complexity index is 3150. The summed E-state index contributed by atoms with van der Waals surface area (Å²) < 4.78 is 7.19. The number of benzene rings is 8. The highest BCUT2D eigenvalue weighted by molar-refractivity contribution is 6.10. The molecule has 59 heavy (non-hydrogen) atoms. The quantitative estimate of drug-likeness (QED) is 0.165. The molecule has 280 valence electrons. The maximum Gasteiger partial charge on any atom is 0.0541 e. The van der Waals surface area contributed by atoms with Crippen molar-refractivity contribution in [3.8, 4) is 17.1 Å². The first kappa shape index (κ1) is 33.6. The summed E-state index contributed by atoms with van der Waals surface area (Å²) in [7, 11) is 0. The third-order valence-corrected chi connectivity index (χ3v) is 12.4. The second kappa shape index (κ2) is 13.3. The predicted molar refractivity (Wildman–Crippen MR) is 249 cm³/mol. The van der Waals surface area contributed by atoms with Gasteiger partial charge in [-0.2, -0.15) is 0 Å². The molecule has 0 saturated carbocycles. The molecule has 0 bridgehead atoms. The summed E-state index contributed by atoms with van der Waals surface area (Å²) in [5.74, 6) is 0.528. The summed E-state index contributed by atoms with van der Waals surface area (Å²) in [6, 6.07) is 70.8. The van der Waals surface area contributed by atoms with Gasteiger partial charge in [0.15, 0.2) is 0 Å². The number of para-hydroxylation sites is 5. The van der Waals surface area contributed by atoms with E-state index in [1.807, 2.05) is 0 Å². The van der Waals surface area contributed by atoms with E-state index in [0.717, 1.165) is 40.5 Å². The van der Waals surface area contributed by atoms with Gasteiger partial charge in [0, 0.05) is 66.7 Å². The molecule has 0 N–H and O–H groups in total. The van der Waals surface area contributed by atoms with Crippen LogP contribution in [0.2, 0.25) is 0 Å². The lowest BCUT2D eigenvalue weighted by Crippen LogP contribution is -2.11. The zero-order valence-electron chi connectivity index (χ0n) is 32.7. The lowest BCUT2D eigenvalue weighted by atomic mass is 9.93. The predicted octanol–water partition coefficient (Wildman–Crippen LogP) is 14.5. The summed E-state index contributed by atoms with van der Waals surface area (Å²) in [4.78, 5) is 2.37. The Labute approximate surface area is 342 Å². The minimum Gasteiger partial charge on any atom is -0.310 e. The molecule has 1 aliphatic carbocycles. The standard InChI is InChI=1S/C55H40N4/c1-37-22-35-55-49(36-37)48-16-6-11-21-54(48)59(55)43-33-27-40(28-34-43)56(38-23-29-41(30-24-38)57-50-17-7-2-12-44(50)45-13-3-8-18-51(45)57)39-25-31-42(32-26-39)58-52-19-9-4-14-46(52)47-15-5-10-20-53(47)58/h2-35,37H,36H2,1H3. The van der Waals surface area contributed by atoms with E-state index in [2.05, 4.69) is 232 Å². The second-order valence-corrected chi connectivity index (χ2v) is 15.9. The van der Waals surface area contributed by atoms with Crippen LogP contribution in [0.3, 0.4) is 0 Å². The molecule has 1 aliphatic rings.